The Balaban J connectivity index is 2.10. The van der Waals surface area contributed by atoms with E-state index in [1.165, 1.54) is 0 Å². The summed E-state index contributed by atoms with van der Waals surface area (Å²) in [6.07, 6.45) is 1.80. The largest absolute Gasteiger partial charge is 0.308 e. The molecule has 1 amide bonds. The molecular formula is C13H21N3O3S. The summed E-state index contributed by atoms with van der Waals surface area (Å²) in [5.41, 5.74) is 0.784. The molecule has 2 N–H and O–H groups in total. The van der Waals surface area contributed by atoms with Crippen molar-refractivity contribution in [3.63, 3.8) is 0 Å². The van der Waals surface area contributed by atoms with Crippen LogP contribution in [0.1, 0.15) is 45.7 Å². The summed E-state index contributed by atoms with van der Waals surface area (Å²) in [6, 6.07) is 1.74. The van der Waals surface area contributed by atoms with Gasteiger partial charge < -0.3 is 5.32 Å². The average Bonchev–Trinajstić information content (AvgIpc) is 2.76. The van der Waals surface area contributed by atoms with E-state index < -0.39 is 21.0 Å². The highest BCUT2D eigenvalue weighted by Crippen LogP contribution is 2.24. The Morgan fingerprint density at radius 3 is 2.65 bits per heavy atom. The number of carbonyl (C=O) groups excluding carboxylic acids is 1. The molecule has 1 aliphatic heterocycles. The van der Waals surface area contributed by atoms with Crippen molar-refractivity contribution in [1.82, 2.24) is 10.2 Å². The van der Waals surface area contributed by atoms with E-state index in [1.807, 2.05) is 20.8 Å². The minimum atomic E-state index is -3.31. The molecule has 2 heterocycles. The van der Waals surface area contributed by atoms with Gasteiger partial charge in [-0.2, -0.15) is 5.10 Å². The number of aromatic amines is 1. The topological polar surface area (TPSA) is 91.9 Å². The van der Waals surface area contributed by atoms with Crippen LogP contribution in [-0.2, 0) is 20.0 Å². The maximum absolute atomic E-state index is 12.1. The highest BCUT2D eigenvalue weighted by molar-refractivity contribution is 7.92. The van der Waals surface area contributed by atoms with Crippen molar-refractivity contribution in [3.8, 4) is 0 Å². The number of nitrogens with one attached hydrogen (secondary N) is 2. The summed E-state index contributed by atoms with van der Waals surface area (Å²) in [5, 5.41) is 8.53. The third-order valence-electron chi connectivity index (χ3n) is 3.51. The molecule has 1 unspecified atom stereocenters. The monoisotopic (exact) mass is 299 g/mol. The van der Waals surface area contributed by atoms with Crippen LogP contribution in [0.5, 0.6) is 0 Å². The van der Waals surface area contributed by atoms with Crippen LogP contribution in [0.15, 0.2) is 6.07 Å². The first kappa shape index (κ1) is 15.0. The Morgan fingerprint density at radius 2 is 2.10 bits per heavy atom. The van der Waals surface area contributed by atoms with Crippen LogP contribution >= 0.6 is 0 Å². The zero-order chi connectivity index (χ0) is 15.0. The lowest BCUT2D eigenvalue weighted by Gasteiger charge is -2.20. The van der Waals surface area contributed by atoms with Gasteiger partial charge in [0.15, 0.2) is 15.7 Å². The fourth-order valence-electron chi connectivity index (χ4n) is 2.23. The summed E-state index contributed by atoms with van der Waals surface area (Å²) in [6.45, 7) is 6.08. The Morgan fingerprint density at radius 1 is 1.40 bits per heavy atom. The van der Waals surface area contributed by atoms with Crippen LogP contribution in [0, 0.1) is 0 Å². The number of hydrogen-bond donors (Lipinski definition) is 2. The number of anilines is 1. The van der Waals surface area contributed by atoms with Gasteiger partial charge in [-0.3, -0.25) is 9.89 Å². The van der Waals surface area contributed by atoms with Gasteiger partial charge in [0.1, 0.15) is 5.25 Å². The second-order valence-electron chi connectivity index (χ2n) is 6.26. The van der Waals surface area contributed by atoms with Crippen molar-refractivity contribution >= 4 is 21.6 Å². The van der Waals surface area contributed by atoms with Gasteiger partial charge in [-0.25, -0.2) is 8.42 Å². The SMILES string of the molecule is CC(C)(C)c1cc(NC(=O)C2CCCCS2(=O)=O)n[nH]1. The van der Waals surface area contributed by atoms with Gasteiger partial charge in [-0.15, -0.1) is 0 Å². The second-order valence-corrected chi connectivity index (χ2v) is 8.56. The zero-order valence-electron chi connectivity index (χ0n) is 12.1. The van der Waals surface area contributed by atoms with Gasteiger partial charge in [0.05, 0.1) is 5.75 Å². The van der Waals surface area contributed by atoms with Gasteiger partial charge in [-0.05, 0) is 12.8 Å². The summed E-state index contributed by atoms with van der Waals surface area (Å²) < 4.78 is 23.8. The van der Waals surface area contributed by atoms with Crippen molar-refractivity contribution in [1.29, 1.82) is 0 Å². The fraction of sp³-hybridized carbons (Fsp3) is 0.692. The third kappa shape index (κ3) is 3.20. The van der Waals surface area contributed by atoms with Crippen LogP contribution in [0.4, 0.5) is 5.82 Å². The van der Waals surface area contributed by atoms with Gasteiger partial charge in [0, 0.05) is 17.2 Å². The second kappa shape index (κ2) is 5.20. The number of amides is 1. The standard InChI is InChI=1S/C13H21N3O3S/c1-13(2,3)10-8-11(16-15-10)14-12(17)9-6-4-5-7-20(9,18)19/h8-9H,4-7H2,1-3H3,(H2,14,15,16,17). The van der Waals surface area contributed by atoms with Crippen molar-refractivity contribution in [2.45, 2.75) is 50.7 Å². The lowest BCUT2D eigenvalue weighted by atomic mass is 9.92. The van der Waals surface area contributed by atoms with Crippen molar-refractivity contribution < 1.29 is 13.2 Å². The fourth-order valence-corrected chi connectivity index (χ4v) is 4.03. The van der Waals surface area contributed by atoms with E-state index in [0.717, 1.165) is 12.1 Å². The Bertz CT molecular complexity index is 599. The minimum Gasteiger partial charge on any atom is -0.308 e. The highest BCUT2D eigenvalue weighted by Gasteiger charge is 2.35. The van der Waals surface area contributed by atoms with E-state index in [4.69, 9.17) is 0 Å². The molecule has 0 aromatic carbocycles. The Kier molecular flexibility index (Phi) is 3.90. The molecular weight excluding hydrogens is 278 g/mol. The molecule has 2 rings (SSSR count). The number of nitrogens with zero attached hydrogens (tertiary/aromatic N) is 1. The predicted octanol–water partition coefficient (Wildman–Crippen LogP) is 1.61. The lowest BCUT2D eigenvalue weighted by molar-refractivity contribution is -0.116. The molecule has 1 aliphatic rings. The summed E-state index contributed by atoms with van der Waals surface area (Å²) in [5.74, 6) is -0.00354. The number of aromatic nitrogens is 2. The van der Waals surface area contributed by atoms with E-state index >= 15 is 0 Å². The van der Waals surface area contributed by atoms with Crippen LogP contribution in [0.2, 0.25) is 0 Å². The maximum Gasteiger partial charge on any atom is 0.243 e. The summed E-state index contributed by atoms with van der Waals surface area (Å²) in [4.78, 5) is 12.1. The molecule has 7 heteroatoms. The van der Waals surface area contributed by atoms with Crippen LogP contribution in [0.25, 0.3) is 0 Å². The first-order valence-corrected chi connectivity index (χ1v) is 8.50. The maximum atomic E-state index is 12.1. The summed E-state index contributed by atoms with van der Waals surface area (Å²) >= 11 is 0. The van der Waals surface area contributed by atoms with E-state index in [1.54, 1.807) is 6.07 Å². The number of sulfone groups is 1. The molecule has 1 aromatic rings. The minimum absolute atomic E-state index is 0.0961. The number of H-pyrrole nitrogens is 1. The molecule has 6 nitrogen and oxygen atoms in total. The van der Waals surface area contributed by atoms with Crippen molar-refractivity contribution in [2.75, 3.05) is 11.1 Å². The molecule has 20 heavy (non-hydrogen) atoms. The molecule has 0 aliphatic carbocycles. The average molecular weight is 299 g/mol. The summed E-state index contributed by atoms with van der Waals surface area (Å²) in [7, 11) is -3.31. The van der Waals surface area contributed by atoms with Crippen LogP contribution < -0.4 is 5.32 Å². The molecule has 1 saturated heterocycles. The molecule has 1 aromatic heterocycles. The molecule has 0 saturated carbocycles. The lowest BCUT2D eigenvalue weighted by Crippen LogP contribution is -2.39. The molecule has 112 valence electrons. The van der Waals surface area contributed by atoms with Gasteiger partial charge in [-0.1, -0.05) is 27.2 Å². The van der Waals surface area contributed by atoms with E-state index in [-0.39, 0.29) is 11.2 Å². The van der Waals surface area contributed by atoms with E-state index in [0.29, 0.717) is 18.7 Å². The van der Waals surface area contributed by atoms with Gasteiger partial charge in [0.25, 0.3) is 0 Å². The number of carbonyl (C=O) groups is 1. The quantitative estimate of drug-likeness (QED) is 0.868. The van der Waals surface area contributed by atoms with E-state index in [9.17, 15) is 13.2 Å². The number of hydrogen-bond acceptors (Lipinski definition) is 4. The first-order chi connectivity index (χ1) is 9.20. The van der Waals surface area contributed by atoms with E-state index in [2.05, 4.69) is 15.5 Å². The van der Waals surface area contributed by atoms with Crippen LogP contribution in [-0.4, -0.2) is 35.5 Å². The number of rotatable bonds is 2. The first-order valence-electron chi connectivity index (χ1n) is 6.78. The normalized spacial score (nSPS) is 22.4. The van der Waals surface area contributed by atoms with Crippen LogP contribution in [0.3, 0.4) is 0 Å². The molecule has 1 fully saturated rings. The van der Waals surface area contributed by atoms with Gasteiger partial charge >= 0.3 is 0 Å². The molecule has 0 spiro atoms. The van der Waals surface area contributed by atoms with Crippen molar-refractivity contribution in [2.24, 2.45) is 0 Å². The smallest absolute Gasteiger partial charge is 0.243 e. The van der Waals surface area contributed by atoms with Gasteiger partial charge in [0.2, 0.25) is 5.91 Å². The molecule has 0 bridgehead atoms. The van der Waals surface area contributed by atoms with Crippen molar-refractivity contribution in [3.05, 3.63) is 11.8 Å². The Labute approximate surface area is 119 Å². The highest BCUT2D eigenvalue weighted by atomic mass is 32.2. The predicted molar refractivity (Wildman–Crippen MR) is 77.3 cm³/mol. The Hall–Kier alpha value is -1.37. The third-order valence-corrected chi connectivity index (χ3v) is 5.68. The zero-order valence-corrected chi connectivity index (χ0v) is 12.9. The molecule has 0 radical (unpaired) electrons. The molecule has 1 atom stereocenters.